The van der Waals surface area contributed by atoms with Crippen molar-refractivity contribution in [2.24, 2.45) is 0 Å². The molecule has 5 heteroatoms. The molecule has 1 aliphatic rings. The fraction of sp³-hybridized carbons (Fsp3) is 0.429. The summed E-state index contributed by atoms with van der Waals surface area (Å²) >= 11 is 0. The summed E-state index contributed by atoms with van der Waals surface area (Å²) in [7, 11) is 1.85. The lowest BCUT2D eigenvalue weighted by molar-refractivity contribution is 0.0739. The van der Waals surface area contributed by atoms with Crippen molar-refractivity contribution in [1.29, 1.82) is 0 Å². The van der Waals surface area contributed by atoms with Gasteiger partial charge in [-0.25, -0.2) is 0 Å². The lowest BCUT2D eigenvalue weighted by Gasteiger charge is -2.35. The lowest BCUT2D eigenvalue weighted by Crippen LogP contribution is -2.44. The van der Waals surface area contributed by atoms with E-state index in [9.17, 15) is 4.79 Å². The Balaban J connectivity index is 0.871. The number of pyridine rings is 1. The first kappa shape index (κ1) is 46.9. The molecule has 0 radical (unpaired) electrons. The van der Waals surface area contributed by atoms with Crippen molar-refractivity contribution in [2.75, 3.05) is 18.9 Å². The van der Waals surface area contributed by atoms with Crippen LogP contribution in [-0.2, 0) is 24.7 Å². The van der Waals surface area contributed by atoms with Crippen LogP contribution in [0.3, 0.4) is 0 Å². The molecule has 5 rings (SSSR count). The number of likely N-dealkylation sites (N-methyl/N-ethyl adjacent to an activating group) is 1. The Bertz CT molecular complexity index is 2060. The normalized spacial score (nSPS) is 14.1. The summed E-state index contributed by atoms with van der Waals surface area (Å²) in [5.41, 5.74) is 12.9. The zero-order chi connectivity index (χ0) is 43.6. The van der Waals surface area contributed by atoms with Gasteiger partial charge in [0.25, 0.3) is 5.91 Å². The molecule has 2 heterocycles. The van der Waals surface area contributed by atoms with E-state index >= 15 is 0 Å². The largest absolute Gasteiger partial charge is 0.385 e. The smallest absolute Gasteiger partial charge is 0.254 e. The molecule has 0 spiro atoms. The second kappa shape index (κ2) is 23.7. The van der Waals surface area contributed by atoms with Crippen LogP contribution in [0.1, 0.15) is 160 Å². The molecule has 1 aliphatic heterocycles. The molecule has 324 valence electrons. The maximum atomic E-state index is 13.4. The molecule has 4 aromatic rings. The molecule has 1 saturated heterocycles. The third kappa shape index (κ3) is 14.2. The van der Waals surface area contributed by atoms with Gasteiger partial charge in [-0.05, 0) is 116 Å². The van der Waals surface area contributed by atoms with Crippen LogP contribution in [0.25, 0.3) is 11.6 Å². The highest BCUT2D eigenvalue weighted by Crippen LogP contribution is 2.32. The van der Waals surface area contributed by atoms with Gasteiger partial charge in [-0.1, -0.05) is 165 Å². The molecule has 5 nitrogen and oxygen atoms in total. The summed E-state index contributed by atoms with van der Waals surface area (Å²) in [5.74, 6) is -0.0131. The molecule has 3 aromatic carbocycles. The van der Waals surface area contributed by atoms with Gasteiger partial charge in [0, 0.05) is 47.3 Å². The van der Waals surface area contributed by atoms with E-state index in [1.54, 1.807) is 11.0 Å². The van der Waals surface area contributed by atoms with Crippen LogP contribution >= 0.6 is 0 Å². The molecule has 2 N–H and O–H groups in total. The summed E-state index contributed by atoms with van der Waals surface area (Å²) < 4.78 is 0. The first-order valence-corrected chi connectivity index (χ1v) is 23.2. The molecule has 1 unspecified atom stereocenters. The third-order valence-corrected chi connectivity index (χ3v) is 12.7. The quantitative estimate of drug-likeness (QED) is 0.0654. The number of allylic oxidation sites excluding steroid dienone is 2. The van der Waals surface area contributed by atoms with Gasteiger partial charge in [0.2, 0.25) is 0 Å². The number of benzene rings is 3. The number of anilines is 1. The van der Waals surface area contributed by atoms with E-state index in [2.05, 4.69) is 111 Å². The predicted octanol–water partition coefficient (Wildman–Crippen LogP) is 14.1. The van der Waals surface area contributed by atoms with Gasteiger partial charge in [-0.3, -0.25) is 9.78 Å². The summed E-state index contributed by atoms with van der Waals surface area (Å²) in [6.07, 6.45) is 22.3. The van der Waals surface area contributed by atoms with Crippen LogP contribution in [0, 0.1) is 0 Å². The van der Waals surface area contributed by atoms with Gasteiger partial charge >= 0.3 is 0 Å². The van der Waals surface area contributed by atoms with E-state index in [-0.39, 0.29) is 17.4 Å². The number of amides is 1. The highest BCUT2D eigenvalue weighted by atomic mass is 16.2. The predicted molar refractivity (Wildman–Crippen MR) is 262 cm³/mol. The Hall–Kier alpha value is -5.16. The van der Waals surface area contributed by atoms with Crippen LogP contribution in [0.2, 0.25) is 0 Å². The second-order valence-corrected chi connectivity index (χ2v) is 18.0. The summed E-state index contributed by atoms with van der Waals surface area (Å²) in [5, 5.41) is 6.77. The molecule has 61 heavy (non-hydrogen) atoms. The van der Waals surface area contributed by atoms with Gasteiger partial charge < -0.3 is 15.5 Å². The SMILES string of the molecule is C=Cc1cc(NCCCCCCCCCCCCCCc2ccc(C(C)(C)c3ccc(CCc4cccc(C(=C)C)n4)cc3)cc2)ccc1C(=O)N(C)C1CCC(=C)NC1=C. The van der Waals surface area contributed by atoms with Crippen LogP contribution in [0.15, 0.2) is 123 Å². The first-order valence-electron chi connectivity index (χ1n) is 23.2. The van der Waals surface area contributed by atoms with Crippen LogP contribution in [0.5, 0.6) is 0 Å². The average Bonchev–Trinajstić information content (AvgIpc) is 3.26. The standard InChI is InChI=1S/C56H74N4O/c1-9-47-41-51(37-38-52(47)55(61)60(8)54-39-26-43(4)58-44(54)5)57-40-21-19-17-15-13-11-10-12-14-16-18-20-23-45-27-32-48(33-28-45)56(6,7)49-34-29-46(30-35-49)31-36-50-24-22-25-53(59-50)42(2)3/h9,22,24-25,27-30,32-35,37-38,41,54,57-58H,1-2,4-5,10-21,23,26,31,36,39-40H2,3,6-8H3. The minimum Gasteiger partial charge on any atom is -0.385 e. The molecular formula is C56H74N4O. The second-order valence-electron chi connectivity index (χ2n) is 18.0. The molecule has 1 fully saturated rings. The fourth-order valence-corrected chi connectivity index (χ4v) is 8.58. The molecule has 1 aromatic heterocycles. The van der Waals surface area contributed by atoms with Crippen molar-refractivity contribution in [1.82, 2.24) is 15.2 Å². The number of rotatable bonds is 25. The number of carbonyl (C=O) groups is 1. The number of nitrogens with zero attached hydrogens (tertiary/aromatic N) is 2. The van der Waals surface area contributed by atoms with Crippen LogP contribution in [0.4, 0.5) is 5.69 Å². The van der Waals surface area contributed by atoms with Crippen molar-refractivity contribution in [3.05, 3.63) is 167 Å². The number of aromatic nitrogens is 1. The zero-order valence-electron chi connectivity index (χ0n) is 38.1. The first-order chi connectivity index (χ1) is 29.5. The highest BCUT2D eigenvalue weighted by molar-refractivity contribution is 5.98. The average molecular weight is 819 g/mol. The maximum Gasteiger partial charge on any atom is 0.254 e. The molecular weight excluding hydrogens is 745 g/mol. The molecule has 0 saturated carbocycles. The summed E-state index contributed by atoms with van der Waals surface area (Å²) in [6.45, 7) is 23.8. The van der Waals surface area contributed by atoms with Crippen molar-refractivity contribution < 1.29 is 4.79 Å². The number of hydrogen-bond acceptors (Lipinski definition) is 4. The van der Waals surface area contributed by atoms with Gasteiger partial charge in [0.15, 0.2) is 0 Å². The monoisotopic (exact) mass is 819 g/mol. The summed E-state index contributed by atoms with van der Waals surface area (Å²) in [4.78, 5) is 19.9. The van der Waals surface area contributed by atoms with Gasteiger partial charge in [0.05, 0.1) is 11.7 Å². The number of piperidine rings is 1. The van der Waals surface area contributed by atoms with E-state index < -0.39 is 0 Å². The van der Waals surface area contributed by atoms with Crippen molar-refractivity contribution >= 4 is 23.2 Å². The molecule has 1 atom stereocenters. The fourth-order valence-electron chi connectivity index (χ4n) is 8.58. The minimum atomic E-state index is -0.0487. The maximum absolute atomic E-state index is 13.4. The topological polar surface area (TPSA) is 57.3 Å². The Morgan fingerprint density at radius 2 is 1.36 bits per heavy atom. The Labute approximate surface area is 369 Å². The molecule has 1 amide bonds. The van der Waals surface area contributed by atoms with Crippen LogP contribution in [-0.4, -0.2) is 35.4 Å². The lowest BCUT2D eigenvalue weighted by atomic mass is 9.77. The zero-order valence-corrected chi connectivity index (χ0v) is 38.1. The Morgan fingerprint density at radius 3 is 1.93 bits per heavy atom. The Kier molecular flexibility index (Phi) is 18.2. The number of aryl methyl sites for hydroxylation is 3. The van der Waals surface area contributed by atoms with Gasteiger partial charge in [-0.2, -0.15) is 0 Å². The van der Waals surface area contributed by atoms with Crippen molar-refractivity contribution in [3.8, 4) is 0 Å². The van der Waals surface area contributed by atoms with Crippen molar-refractivity contribution in [2.45, 2.75) is 141 Å². The number of unbranched alkanes of at least 4 members (excludes halogenated alkanes) is 11. The molecule has 0 bridgehead atoms. The highest BCUT2D eigenvalue weighted by Gasteiger charge is 2.28. The van der Waals surface area contributed by atoms with Gasteiger partial charge in [-0.15, -0.1) is 0 Å². The van der Waals surface area contributed by atoms with E-state index in [1.807, 2.05) is 38.2 Å². The van der Waals surface area contributed by atoms with Crippen molar-refractivity contribution in [3.63, 3.8) is 0 Å². The van der Waals surface area contributed by atoms with E-state index in [4.69, 9.17) is 4.98 Å². The van der Waals surface area contributed by atoms with E-state index in [0.29, 0.717) is 5.56 Å². The number of carbonyl (C=O) groups excluding carboxylic acids is 1. The number of hydrogen-bond donors (Lipinski definition) is 2. The van der Waals surface area contributed by atoms with Gasteiger partial charge in [0.1, 0.15) is 0 Å². The van der Waals surface area contributed by atoms with E-state index in [1.165, 1.54) is 99.3 Å². The van der Waals surface area contributed by atoms with Crippen LogP contribution < -0.4 is 10.6 Å². The minimum absolute atomic E-state index is 0.0131. The van der Waals surface area contributed by atoms with E-state index in [0.717, 1.165) is 78.3 Å². The Morgan fingerprint density at radius 1 is 0.787 bits per heavy atom. The third-order valence-electron chi connectivity index (χ3n) is 12.7. The number of nitrogens with one attached hydrogen (secondary N) is 2. The summed E-state index contributed by atoms with van der Waals surface area (Å²) in [6, 6.07) is 30.7. The molecule has 0 aliphatic carbocycles.